The molecule has 448 valence electrons. The fraction of sp³-hybridized carbons (Fsp3) is 0.125. The van der Waals surface area contributed by atoms with Crippen LogP contribution in [0.1, 0.15) is 73.8 Å². The zero-order chi connectivity index (χ0) is 62.6. The highest BCUT2D eigenvalue weighted by atomic mass is 32.1. The number of fused-ring (bicyclic) bond motifs is 6. The second-order valence-corrected chi connectivity index (χ2v) is 24.6. The maximum atomic E-state index is 16.5. The number of nitrogens with one attached hydrogen (secondary N) is 2. The van der Waals surface area contributed by atoms with Gasteiger partial charge < -0.3 is 20.4 Å². The van der Waals surface area contributed by atoms with E-state index in [9.17, 15) is 23.6 Å². The van der Waals surface area contributed by atoms with Gasteiger partial charge in [-0.1, -0.05) is 97.1 Å². The van der Waals surface area contributed by atoms with E-state index in [1.54, 1.807) is 71.1 Å². The van der Waals surface area contributed by atoms with Crippen LogP contribution in [0.5, 0.6) is 0 Å². The summed E-state index contributed by atoms with van der Waals surface area (Å²) in [6.07, 6.45) is 4.33. The van der Waals surface area contributed by atoms with Crippen molar-refractivity contribution in [3.63, 3.8) is 0 Å². The Balaban J connectivity index is 0.702. The number of pyridine rings is 3. The normalized spacial score (nSPS) is 12.5. The van der Waals surface area contributed by atoms with Crippen molar-refractivity contribution in [1.82, 2.24) is 34.5 Å². The Hall–Kier alpha value is -10.9. The average molecular weight is 1240 g/mol. The lowest BCUT2D eigenvalue weighted by Crippen LogP contribution is -2.33. The molecule has 4 amide bonds. The van der Waals surface area contributed by atoms with Crippen molar-refractivity contribution in [1.29, 1.82) is 0 Å². The molecule has 0 fully saturated rings. The van der Waals surface area contributed by atoms with Gasteiger partial charge in [0.2, 0.25) is 0 Å². The Morgan fingerprint density at radius 2 is 1.12 bits per heavy atom. The molecule has 12 aromatic rings. The van der Waals surface area contributed by atoms with Gasteiger partial charge in [0.25, 0.3) is 23.6 Å². The second-order valence-electron chi connectivity index (χ2n) is 22.5. The predicted octanol–water partition coefficient (Wildman–Crippen LogP) is 15.1. The Kier molecular flexibility index (Phi) is 15.2. The van der Waals surface area contributed by atoms with E-state index in [2.05, 4.69) is 15.7 Å². The Bertz CT molecular complexity index is 4860. The number of hydrogen-bond donors (Lipinski definition) is 2. The summed E-state index contributed by atoms with van der Waals surface area (Å²) in [4.78, 5) is 77.6. The van der Waals surface area contributed by atoms with Crippen molar-refractivity contribution in [3.8, 4) is 66.0 Å². The van der Waals surface area contributed by atoms with Crippen LogP contribution < -0.4 is 20.4 Å². The topological polar surface area (TPSA) is 173 Å². The van der Waals surface area contributed by atoms with Crippen LogP contribution in [0.2, 0.25) is 0 Å². The smallest absolute Gasteiger partial charge is 0.276 e. The lowest BCUT2D eigenvalue weighted by Gasteiger charge is -2.23. The van der Waals surface area contributed by atoms with Crippen LogP contribution in [0.3, 0.4) is 0 Å². The molecule has 0 bridgehead atoms. The molecule has 0 unspecified atom stereocenters. The number of halogens is 2. The highest BCUT2D eigenvalue weighted by molar-refractivity contribution is 7.18. The van der Waals surface area contributed by atoms with Crippen LogP contribution in [0.25, 0.3) is 66.0 Å². The van der Waals surface area contributed by atoms with E-state index in [-0.39, 0.29) is 28.9 Å². The number of hydrogen-bond acceptors (Lipinski definition) is 11. The van der Waals surface area contributed by atoms with E-state index < -0.39 is 23.4 Å². The number of thiophene rings is 2. The molecule has 91 heavy (non-hydrogen) atoms. The molecule has 2 aliphatic heterocycles. The number of rotatable bonds is 12. The van der Waals surface area contributed by atoms with Gasteiger partial charge in [0, 0.05) is 58.3 Å². The minimum absolute atomic E-state index is 0.0586. The predicted molar refractivity (Wildman–Crippen MR) is 353 cm³/mol. The summed E-state index contributed by atoms with van der Waals surface area (Å²) in [5.41, 5.74) is 13.4. The molecule has 0 aliphatic carbocycles. The maximum absolute atomic E-state index is 16.5. The van der Waals surface area contributed by atoms with Crippen LogP contribution in [0, 0.1) is 32.4 Å². The third-order valence-electron chi connectivity index (χ3n) is 16.5. The largest absolute Gasteiger partial charge is 0.319 e. The van der Waals surface area contributed by atoms with E-state index in [1.165, 1.54) is 34.8 Å². The minimum atomic E-state index is -0.615. The maximum Gasteiger partial charge on any atom is 0.276 e. The van der Waals surface area contributed by atoms with Gasteiger partial charge in [-0.2, -0.15) is 10.2 Å². The molecule has 7 aromatic heterocycles. The first-order chi connectivity index (χ1) is 44.2. The van der Waals surface area contributed by atoms with Crippen LogP contribution in [0.4, 0.5) is 31.5 Å². The lowest BCUT2D eigenvalue weighted by atomic mass is 10.0. The van der Waals surface area contributed by atoms with Crippen LogP contribution in [-0.2, 0) is 26.4 Å². The molecule has 19 heteroatoms. The van der Waals surface area contributed by atoms with Crippen molar-refractivity contribution in [2.45, 2.75) is 40.2 Å². The zero-order valence-corrected chi connectivity index (χ0v) is 51.3. The van der Waals surface area contributed by atoms with Crippen molar-refractivity contribution in [3.05, 3.63) is 255 Å². The SMILES string of the molecule is Cc1cc(-c2cccc(C(=O)N3CCc4cc(C(=O)Nc5c(C)cc(-c6ccc(-c7c(-c8cccc(C(=O)N9CCc%10cc(C(=O)Nc%11c(C)cccc%11F)sc%10-c%10ccccc%109)n8)cnn7Cc7ccccc7)nc6)cc5F)sc4-c4ccccc43)n2)n(C)n1. The molecule has 5 aromatic carbocycles. The number of aromatic nitrogens is 7. The molecule has 0 saturated heterocycles. The summed E-state index contributed by atoms with van der Waals surface area (Å²) in [5, 5.41) is 14.9. The van der Waals surface area contributed by atoms with Crippen LogP contribution >= 0.6 is 22.7 Å². The molecule has 0 radical (unpaired) electrons. The number of carbonyl (C=O) groups excluding carboxylic acids is 4. The van der Waals surface area contributed by atoms with Gasteiger partial charge in [-0.25, -0.2) is 18.7 Å². The number of carbonyl (C=O) groups is 4. The molecule has 0 atom stereocenters. The van der Waals surface area contributed by atoms with Crippen molar-refractivity contribution in [2.75, 3.05) is 33.5 Å². The highest BCUT2D eigenvalue weighted by Crippen LogP contribution is 2.45. The molecular formula is C72H55F2N11O4S2. The highest BCUT2D eigenvalue weighted by Gasteiger charge is 2.32. The van der Waals surface area contributed by atoms with E-state index in [4.69, 9.17) is 20.1 Å². The summed E-state index contributed by atoms with van der Waals surface area (Å²) < 4.78 is 34.8. The zero-order valence-electron chi connectivity index (χ0n) is 49.7. The minimum Gasteiger partial charge on any atom is -0.319 e. The summed E-state index contributed by atoms with van der Waals surface area (Å²) in [5.74, 6) is -2.54. The van der Waals surface area contributed by atoms with Crippen LogP contribution in [-0.4, -0.2) is 71.2 Å². The number of anilines is 4. The Labute approximate surface area is 530 Å². The number of para-hydroxylation sites is 3. The number of amides is 4. The van der Waals surface area contributed by atoms with Crippen LogP contribution in [0.15, 0.2) is 188 Å². The standard InChI is InChI=1S/C72H55F2N11O4S2/c1-41-15-12-20-52(73)64(41)79-69(86)62-36-45-29-31-83(59-25-10-8-18-49(59)67(45)90-62)71(88)57-23-13-21-54(77-57)51-39-76-85(40-44-16-6-5-7-17-44)66(51)56-28-27-47(38-75-56)48-33-42(2)65(53(74)35-48)80-70(87)63-37-46-30-32-84(60-26-11-9-19-50(60)68(46)91-63)72(89)58-24-14-22-55(78-58)61-34-43(3)81-82(61)4/h5-28,33-39H,29-32,40H2,1-4H3,(H,79,86)(H,80,87). The molecule has 0 spiro atoms. The summed E-state index contributed by atoms with van der Waals surface area (Å²) >= 11 is 2.61. The molecule has 15 nitrogen and oxygen atoms in total. The summed E-state index contributed by atoms with van der Waals surface area (Å²) in [7, 11) is 1.85. The van der Waals surface area contributed by atoms with E-state index in [0.29, 0.717) is 110 Å². The number of nitrogens with zero attached hydrogens (tertiary/aromatic N) is 9. The van der Waals surface area contributed by atoms with Gasteiger partial charge in [-0.15, -0.1) is 22.7 Å². The van der Waals surface area contributed by atoms with Crippen molar-refractivity contribution < 1.29 is 28.0 Å². The van der Waals surface area contributed by atoms with Gasteiger partial charge in [-0.05, 0) is 146 Å². The van der Waals surface area contributed by atoms with Crippen molar-refractivity contribution in [2.24, 2.45) is 7.05 Å². The van der Waals surface area contributed by atoms with E-state index in [1.807, 2.05) is 152 Å². The molecule has 0 saturated carbocycles. The van der Waals surface area contributed by atoms with Gasteiger partial charge >= 0.3 is 0 Å². The molecular weight excluding hydrogens is 1180 g/mol. The monoisotopic (exact) mass is 1240 g/mol. The number of aryl methyl sites for hydroxylation is 4. The molecule has 2 aliphatic rings. The summed E-state index contributed by atoms with van der Waals surface area (Å²) in [6.45, 7) is 6.45. The average Bonchev–Trinajstić information content (AvgIpc) is 1.72. The molecule has 14 rings (SSSR count). The van der Waals surface area contributed by atoms with Crippen molar-refractivity contribution >= 4 is 69.1 Å². The Morgan fingerprint density at radius 1 is 0.538 bits per heavy atom. The molecule has 2 N–H and O–H groups in total. The van der Waals surface area contributed by atoms with Gasteiger partial charge in [0.15, 0.2) is 0 Å². The third-order valence-corrected chi connectivity index (χ3v) is 18.9. The quantitative estimate of drug-likeness (QED) is 0.121. The van der Waals surface area contributed by atoms with E-state index in [0.717, 1.165) is 49.0 Å². The fourth-order valence-electron chi connectivity index (χ4n) is 12.0. The third kappa shape index (κ3) is 11.1. The first-order valence-corrected chi connectivity index (χ1v) is 31.1. The fourth-order valence-corrected chi connectivity index (χ4v) is 14.3. The lowest BCUT2D eigenvalue weighted by molar-refractivity contribution is 0.0975. The summed E-state index contributed by atoms with van der Waals surface area (Å²) in [6, 6.07) is 53.0. The number of benzene rings is 5. The Morgan fingerprint density at radius 3 is 1.70 bits per heavy atom. The van der Waals surface area contributed by atoms with Gasteiger partial charge in [-0.3, -0.25) is 33.5 Å². The van der Waals surface area contributed by atoms with Gasteiger partial charge in [0.05, 0.1) is 79.4 Å². The first kappa shape index (κ1) is 57.8. The molecule has 9 heterocycles. The second kappa shape index (κ2) is 23.9. The van der Waals surface area contributed by atoms with E-state index >= 15 is 4.39 Å². The van der Waals surface area contributed by atoms with Gasteiger partial charge in [0.1, 0.15) is 23.0 Å². The first-order valence-electron chi connectivity index (χ1n) is 29.5.